The van der Waals surface area contributed by atoms with Gasteiger partial charge >= 0.3 is 0 Å². The van der Waals surface area contributed by atoms with E-state index in [-0.39, 0.29) is 22.3 Å². The Hall–Kier alpha value is -2.91. The number of ether oxygens (including phenoxy) is 2. The van der Waals surface area contributed by atoms with Gasteiger partial charge in [-0.15, -0.1) is 0 Å². The van der Waals surface area contributed by atoms with Gasteiger partial charge in [-0.05, 0) is 6.92 Å². The van der Waals surface area contributed by atoms with Gasteiger partial charge in [0.15, 0.2) is 5.43 Å². The topological polar surface area (TPSA) is 130 Å². The molecule has 0 amide bonds. The van der Waals surface area contributed by atoms with Gasteiger partial charge in [-0.1, -0.05) is 30.3 Å². The number of aromatic hydroxyl groups is 1. The molecule has 0 saturated carbocycles. The van der Waals surface area contributed by atoms with Crippen LogP contribution >= 0.6 is 0 Å². The summed E-state index contributed by atoms with van der Waals surface area (Å²) in [6.45, 7) is 1.53. The van der Waals surface area contributed by atoms with E-state index < -0.39 is 41.7 Å². The van der Waals surface area contributed by atoms with Gasteiger partial charge in [0.2, 0.25) is 0 Å². The van der Waals surface area contributed by atoms with Gasteiger partial charge in [-0.2, -0.15) is 0 Å². The first-order valence-electron chi connectivity index (χ1n) is 9.46. The lowest BCUT2D eigenvalue weighted by Gasteiger charge is -2.40. The monoisotopic (exact) mass is 414 g/mol. The van der Waals surface area contributed by atoms with Crippen molar-refractivity contribution in [2.45, 2.75) is 37.4 Å². The average Bonchev–Trinajstić information content (AvgIpc) is 2.75. The number of rotatable bonds is 3. The molecule has 3 aromatic rings. The van der Waals surface area contributed by atoms with Crippen LogP contribution in [0.5, 0.6) is 11.5 Å². The normalized spacial score (nSPS) is 26.6. The molecule has 2 heterocycles. The first-order chi connectivity index (χ1) is 14.3. The molecule has 1 fully saturated rings. The molecule has 1 aliphatic rings. The zero-order valence-corrected chi connectivity index (χ0v) is 16.4. The molecule has 5 atom stereocenters. The average molecular weight is 414 g/mol. The lowest BCUT2D eigenvalue weighted by molar-refractivity contribution is -0.220. The third-order valence-electron chi connectivity index (χ3n) is 5.41. The Balaban J connectivity index is 1.91. The molecule has 5 unspecified atom stereocenters. The third-order valence-corrected chi connectivity index (χ3v) is 5.41. The number of aliphatic hydroxyl groups excluding tert-OH is 3. The molecule has 8 nitrogen and oxygen atoms in total. The Morgan fingerprint density at radius 3 is 2.37 bits per heavy atom. The van der Waals surface area contributed by atoms with Crippen molar-refractivity contribution in [1.82, 2.24) is 0 Å². The molecule has 4 rings (SSSR count). The highest BCUT2D eigenvalue weighted by Gasteiger charge is 2.44. The minimum atomic E-state index is -1.55. The van der Waals surface area contributed by atoms with E-state index in [9.17, 15) is 25.2 Å². The van der Waals surface area contributed by atoms with E-state index in [1.54, 1.807) is 12.1 Å². The van der Waals surface area contributed by atoms with Crippen LogP contribution < -0.4 is 10.2 Å². The summed E-state index contributed by atoms with van der Waals surface area (Å²) in [4.78, 5) is 12.8. The highest BCUT2D eigenvalue weighted by atomic mass is 16.5. The van der Waals surface area contributed by atoms with E-state index in [1.165, 1.54) is 26.2 Å². The van der Waals surface area contributed by atoms with Crippen LogP contribution in [0.3, 0.4) is 0 Å². The third kappa shape index (κ3) is 3.23. The highest BCUT2D eigenvalue weighted by Crippen LogP contribution is 2.45. The standard InChI is InChI=1S/C22H22O8/c1-10-18(24)20(26)21(27)22(29-10)17-14(28-2)9-15-16(19(17)25)12(23)8-13(30-15)11-6-4-3-5-7-11/h3-10,18,20-22,24-27H,1-2H3. The Morgan fingerprint density at radius 1 is 1.00 bits per heavy atom. The van der Waals surface area contributed by atoms with Gasteiger partial charge in [0, 0.05) is 17.7 Å². The quantitative estimate of drug-likeness (QED) is 0.510. The van der Waals surface area contributed by atoms with Crippen LogP contribution in [-0.2, 0) is 4.74 Å². The zero-order valence-electron chi connectivity index (χ0n) is 16.4. The summed E-state index contributed by atoms with van der Waals surface area (Å²) < 4.78 is 16.8. The minimum absolute atomic E-state index is 0.00457. The first kappa shape index (κ1) is 20.4. The van der Waals surface area contributed by atoms with E-state index in [4.69, 9.17) is 13.9 Å². The van der Waals surface area contributed by atoms with Crippen LogP contribution in [0.1, 0.15) is 18.6 Å². The van der Waals surface area contributed by atoms with Crippen molar-refractivity contribution in [3.63, 3.8) is 0 Å². The number of phenolic OH excluding ortho intramolecular Hbond substituents is 1. The summed E-state index contributed by atoms with van der Waals surface area (Å²) in [6.07, 6.45) is -6.42. The molecule has 1 saturated heterocycles. The van der Waals surface area contributed by atoms with Gasteiger partial charge in [-0.25, -0.2) is 0 Å². The molecule has 158 valence electrons. The molecule has 1 aromatic heterocycles. The Kier molecular flexibility index (Phi) is 5.25. The minimum Gasteiger partial charge on any atom is -0.506 e. The number of benzene rings is 2. The van der Waals surface area contributed by atoms with Crippen LogP contribution in [0.25, 0.3) is 22.3 Å². The summed E-state index contributed by atoms with van der Waals surface area (Å²) in [5.41, 5.74) is 0.292. The van der Waals surface area contributed by atoms with Crippen LogP contribution in [-0.4, -0.2) is 52.0 Å². The van der Waals surface area contributed by atoms with Crippen molar-refractivity contribution >= 4 is 11.0 Å². The Morgan fingerprint density at radius 2 is 1.70 bits per heavy atom. The van der Waals surface area contributed by atoms with Gasteiger partial charge in [0.05, 0.1) is 18.8 Å². The summed E-state index contributed by atoms with van der Waals surface area (Å²) in [5, 5.41) is 41.4. The number of hydrogen-bond donors (Lipinski definition) is 4. The van der Waals surface area contributed by atoms with Gasteiger partial charge in [0.25, 0.3) is 0 Å². The Labute approximate surface area is 171 Å². The van der Waals surface area contributed by atoms with Crippen LogP contribution in [0, 0.1) is 0 Å². The lowest BCUT2D eigenvalue weighted by atomic mass is 9.90. The van der Waals surface area contributed by atoms with E-state index in [2.05, 4.69) is 0 Å². The predicted octanol–water partition coefficient (Wildman–Crippen LogP) is 1.72. The maximum atomic E-state index is 12.8. The molecule has 30 heavy (non-hydrogen) atoms. The van der Waals surface area contributed by atoms with E-state index in [1.807, 2.05) is 18.2 Å². The molecule has 0 spiro atoms. The molecular weight excluding hydrogens is 392 g/mol. The summed E-state index contributed by atoms with van der Waals surface area (Å²) in [5.74, 6) is -0.0471. The number of hydrogen-bond acceptors (Lipinski definition) is 8. The second-order valence-electron chi connectivity index (χ2n) is 7.29. The smallest absolute Gasteiger partial charge is 0.197 e. The summed E-state index contributed by atoms with van der Waals surface area (Å²) in [7, 11) is 1.35. The second-order valence-corrected chi connectivity index (χ2v) is 7.29. The molecule has 0 aliphatic carbocycles. The van der Waals surface area contributed by atoms with Gasteiger partial charge < -0.3 is 34.3 Å². The summed E-state index contributed by atoms with van der Waals surface area (Å²) >= 11 is 0. The molecular formula is C22H22O8. The molecule has 1 aliphatic heterocycles. The number of methoxy groups -OCH3 is 1. The molecule has 2 aromatic carbocycles. The lowest BCUT2D eigenvalue weighted by Crippen LogP contribution is -2.53. The maximum absolute atomic E-state index is 12.8. The van der Waals surface area contributed by atoms with Crippen molar-refractivity contribution in [3.8, 4) is 22.8 Å². The molecule has 0 radical (unpaired) electrons. The van der Waals surface area contributed by atoms with Crippen molar-refractivity contribution in [1.29, 1.82) is 0 Å². The van der Waals surface area contributed by atoms with Gasteiger partial charge in [-0.3, -0.25) is 4.79 Å². The van der Waals surface area contributed by atoms with E-state index in [0.29, 0.717) is 11.3 Å². The second kappa shape index (κ2) is 7.73. The van der Waals surface area contributed by atoms with E-state index in [0.717, 1.165) is 0 Å². The largest absolute Gasteiger partial charge is 0.506 e. The highest BCUT2D eigenvalue weighted by molar-refractivity contribution is 5.88. The fourth-order valence-electron chi connectivity index (χ4n) is 3.77. The SMILES string of the molecule is COc1cc2oc(-c3ccccc3)cc(=O)c2c(O)c1C1OC(C)C(O)C(O)C1O. The molecule has 8 heteroatoms. The fourth-order valence-corrected chi connectivity index (χ4v) is 3.77. The van der Waals surface area contributed by atoms with Gasteiger partial charge in [0.1, 0.15) is 52.6 Å². The number of fused-ring (bicyclic) bond motifs is 1. The fraction of sp³-hybridized carbons (Fsp3) is 0.318. The first-order valence-corrected chi connectivity index (χ1v) is 9.46. The maximum Gasteiger partial charge on any atom is 0.197 e. The van der Waals surface area contributed by atoms with Crippen molar-refractivity contribution in [3.05, 3.63) is 58.3 Å². The number of aliphatic hydroxyl groups is 3. The zero-order chi connectivity index (χ0) is 21.6. The summed E-state index contributed by atoms with van der Waals surface area (Å²) in [6, 6.07) is 11.7. The Bertz CT molecular complexity index is 1120. The van der Waals surface area contributed by atoms with Crippen LogP contribution in [0.4, 0.5) is 0 Å². The van der Waals surface area contributed by atoms with Crippen LogP contribution in [0.2, 0.25) is 0 Å². The molecule has 4 N–H and O–H groups in total. The van der Waals surface area contributed by atoms with Crippen molar-refractivity contribution in [2.75, 3.05) is 7.11 Å². The van der Waals surface area contributed by atoms with Crippen LogP contribution in [0.15, 0.2) is 51.7 Å². The number of phenols is 1. The van der Waals surface area contributed by atoms with Crippen molar-refractivity contribution < 1.29 is 34.3 Å². The van der Waals surface area contributed by atoms with Crippen molar-refractivity contribution in [2.24, 2.45) is 0 Å². The van der Waals surface area contributed by atoms with E-state index >= 15 is 0 Å². The molecule has 0 bridgehead atoms. The predicted molar refractivity (Wildman–Crippen MR) is 107 cm³/mol.